The van der Waals surface area contributed by atoms with Crippen LogP contribution in [0.3, 0.4) is 0 Å². The average Bonchev–Trinajstić information content (AvgIpc) is 2.67. The van der Waals surface area contributed by atoms with E-state index < -0.39 is 6.04 Å². The number of carbonyl (C=O) groups excluding carboxylic acids is 2. The van der Waals surface area contributed by atoms with Crippen molar-refractivity contribution in [3.63, 3.8) is 0 Å². The number of nitrogens with one attached hydrogen (secondary N) is 1. The molecule has 0 radical (unpaired) electrons. The predicted molar refractivity (Wildman–Crippen MR) is 122 cm³/mol. The monoisotopic (exact) mass is 432 g/mol. The molecular formula is C23H29ClN2O2S. The lowest BCUT2D eigenvalue weighted by Crippen LogP contribution is -2.49. The van der Waals surface area contributed by atoms with E-state index in [1.54, 1.807) is 29.7 Å². The van der Waals surface area contributed by atoms with E-state index in [9.17, 15) is 9.59 Å². The highest BCUT2D eigenvalue weighted by atomic mass is 35.5. The van der Waals surface area contributed by atoms with Gasteiger partial charge in [0.25, 0.3) is 0 Å². The second-order valence-electron chi connectivity index (χ2n) is 7.37. The normalized spacial score (nSPS) is 11.9. The largest absolute Gasteiger partial charge is 0.352 e. The Kier molecular flexibility index (Phi) is 9.05. The summed E-state index contributed by atoms with van der Waals surface area (Å²) in [4.78, 5) is 27.2. The zero-order valence-electron chi connectivity index (χ0n) is 17.4. The molecule has 1 N–H and O–H groups in total. The molecule has 0 saturated carbocycles. The molecule has 6 heteroatoms. The van der Waals surface area contributed by atoms with E-state index in [2.05, 4.69) is 24.4 Å². The molecule has 0 bridgehead atoms. The second kappa shape index (κ2) is 11.3. The number of nitrogens with zero attached hydrogens (tertiary/aromatic N) is 1. The maximum absolute atomic E-state index is 13.0. The highest BCUT2D eigenvalue weighted by Crippen LogP contribution is 2.21. The highest BCUT2D eigenvalue weighted by molar-refractivity contribution is 7.99. The van der Waals surface area contributed by atoms with E-state index in [0.717, 1.165) is 11.3 Å². The van der Waals surface area contributed by atoms with E-state index in [1.807, 2.05) is 44.2 Å². The summed E-state index contributed by atoms with van der Waals surface area (Å²) in [5.41, 5.74) is 3.26. The molecule has 2 rings (SSSR count). The number of benzene rings is 2. The van der Waals surface area contributed by atoms with Crippen LogP contribution < -0.4 is 5.32 Å². The summed E-state index contributed by atoms with van der Waals surface area (Å²) in [5.74, 6) is 0.822. The van der Waals surface area contributed by atoms with Crippen molar-refractivity contribution >= 4 is 35.2 Å². The first-order valence-corrected chi connectivity index (χ1v) is 11.3. The van der Waals surface area contributed by atoms with Crippen molar-refractivity contribution in [2.24, 2.45) is 0 Å². The fraction of sp³-hybridized carbons (Fsp3) is 0.391. The Bertz CT molecular complexity index is 841. The molecule has 0 saturated heterocycles. The van der Waals surface area contributed by atoms with Crippen LogP contribution in [0.15, 0.2) is 48.5 Å². The third-order valence-corrected chi connectivity index (χ3v) is 5.98. The Morgan fingerprint density at radius 3 is 2.28 bits per heavy atom. The number of aryl methyl sites for hydroxylation is 1. The molecule has 2 aromatic carbocycles. The lowest BCUT2D eigenvalue weighted by Gasteiger charge is -2.29. The maximum atomic E-state index is 13.0. The molecule has 0 aliphatic carbocycles. The van der Waals surface area contributed by atoms with Crippen LogP contribution in [0, 0.1) is 6.92 Å². The van der Waals surface area contributed by atoms with E-state index in [-0.39, 0.29) is 17.9 Å². The van der Waals surface area contributed by atoms with Crippen molar-refractivity contribution < 1.29 is 9.59 Å². The smallest absolute Gasteiger partial charge is 0.242 e. The highest BCUT2D eigenvalue weighted by Gasteiger charge is 2.26. The molecule has 0 aliphatic heterocycles. The van der Waals surface area contributed by atoms with E-state index >= 15 is 0 Å². The van der Waals surface area contributed by atoms with Crippen molar-refractivity contribution in [1.82, 2.24) is 10.2 Å². The first-order valence-electron chi connectivity index (χ1n) is 9.75. The molecule has 4 nitrogen and oxygen atoms in total. The molecule has 29 heavy (non-hydrogen) atoms. The number of rotatable bonds is 9. The van der Waals surface area contributed by atoms with Crippen LogP contribution >= 0.6 is 23.4 Å². The van der Waals surface area contributed by atoms with Gasteiger partial charge in [0.1, 0.15) is 6.04 Å². The van der Waals surface area contributed by atoms with Gasteiger partial charge in [0.2, 0.25) is 11.8 Å². The van der Waals surface area contributed by atoms with E-state index in [1.165, 1.54) is 11.1 Å². The third-order valence-electron chi connectivity index (χ3n) is 4.64. The first-order chi connectivity index (χ1) is 13.8. The van der Waals surface area contributed by atoms with Crippen molar-refractivity contribution in [3.8, 4) is 0 Å². The van der Waals surface area contributed by atoms with Crippen LogP contribution in [0.5, 0.6) is 0 Å². The maximum Gasteiger partial charge on any atom is 0.242 e. The van der Waals surface area contributed by atoms with Gasteiger partial charge >= 0.3 is 0 Å². The van der Waals surface area contributed by atoms with Crippen molar-refractivity contribution in [2.45, 2.75) is 52.1 Å². The van der Waals surface area contributed by atoms with Crippen LogP contribution in [-0.2, 0) is 21.9 Å². The predicted octanol–water partition coefficient (Wildman–Crippen LogP) is 4.82. The zero-order chi connectivity index (χ0) is 21.4. The number of hydrogen-bond donors (Lipinski definition) is 1. The number of thioether (sulfide) groups is 1. The van der Waals surface area contributed by atoms with Crippen LogP contribution in [0.25, 0.3) is 0 Å². The minimum atomic E-state index is -0.583. The standard InChI is InChI=1S/C23H29ClN2O2S/c1-16(2)25-23(28)18(4)26(13-19-10-7-8-12-21(19)24)22(27)15-29-14-20-11-6-5-9-17(20)3/h5-12,16,18H,13-15H2,1-4H3,(H,25,28). The van der Waals surface area contributed by atoms with Gasteiger partial charge in [0.15, 0.2) is 0 Å². The summed E-state index contributed by atoms with van der Waals surface area (Å²) in [6, 6.07) is 15.0. The molecule has 1 unspecified atom stereocenters. The van der Waals surface area contributed by atoms with Gasteiger partial charge in [-0.2, -0.15) is 0 Å². The Morgan fingerprint density at radius 2 is 1.66 bits per heavy atom. The van der Waals surface area contributed by atoms with Crippen LogP contribution in [0.2, 0.25) is 5.02 Å². The minimum Gasteiger partial charge on any atom is -0.352 e. The summed E-state index contributed by atoms with van der Waals surface area (Å²) in [6.45, 7) is 7.94. The minimum absolute atomic E-state index is 0.0117. The van der Waals surface area contributed by atoms with Gasteiger partial charge in [-0.25, -0.2) is 0 Å². The number of hydrogen-bond acceptors (Lipinski definition) is 3. The first kappa shape index (κ1) is 23.3. The van der Waals surface area contributed by atoms with Gasteiger partial charge in [-0.1, -0.05) is 54.1 Å². The lowest BCUT2D eigenvalue weighted by atomic mass is 10.1. The van der Waals surface area contributed by atoms with Gasteiger partial charge in [0.05, 0.1) is 5.75 Å². The molecule has 156 valence electrons. The van der Waals surface area contributed by atoms with Crippen LogP contribution in [0.1, 0.15) is 37.5 Å². The number of amides is 2. The Hall–Kier alpha value is -1.98. The molecule has 1 atom stereocenters. The van der Waals surface area contributed by atoms with Gasteiger partial charge in [-0.05, 0) is 50.5 Å². The molecule has 2 aromatic rings. The van der Waals surface area contributed by atoms with E-state index in [4.69, 9.17) is 11.6 Å². The molecular weight excluding hydrogens is 404 g/mol. The molecule has 0 spiro atoms. The molecule has 0 aliphatic rings. The van der Waals surface area contributed by atoms with Crippen LogP contribution in [0.4, 0.5) is 0 Å². The Balaban J connectivity index is 2.10. The van der Waals surface area contributed by atoms with Crippen molar-refractivity contribution in [3.05, 3.63) is 70.2 Å². The topological polar surface area (TPSA) is 49.4 Å². The van der Waals surface area contributed by atoms with Crippen molar-refractivity contribution in [1.29, 1.82) is 0 Å². The molecule has 0 aromatic heterocycles. The number of halogens is 1. The number of carbonyl (C=O) groups is 2. The van der Waals surface area contributed by atoms with Gasteiger partial charge in [-0.15, -0.1) is 11.8 Å². The lowest BCUT2D eigenvalue weighted by molar-refractivity contribution is -0.138. The van der Waals surface area contributed by atoms with Gasteiger partial charge in [0, 0.05) is 23.4 Å². The van der Waals surface area contributed by atoms with Crippen molar-refractivity contribution in [2.75, 3.05) is 5.75 Å². The summed E-state index contributed by atoms with van der Waals surface area (Å²) < 4.78 is 0. The molecule has 0 fully saturated rings. The fourth-order valence-electron chi connectivity index (χ4n) is 2.90. The summed E-state index contributed by atoms with van der Waals surface area (Å²) >= 11 is 7.86. The summed E-state index contributed by atoms with van der Waals surface area (Å²) in [7, 11) is 0. The van der Waals surface area contributed by atoms with Gasteiger partial charge < -0.3 is 10.2 Å². The average molecular weight is 433 g/mol. The van der Waals surface area contributed by atoms with Crippen LogP contribution in [-0.4, -0.2) is 34.6 Å². The molecule has 2 amide bonds. The Labute approximate surface area is 183 Å². The second-order valence-corrected chi connectivity index (χ2v) is 8.76. The van der Waals surface area contributed by atoms with E-state index in [0.29, 0.717) is 17.3 Å². The fourth-order valence-corrected chi connectivity index (χ4v) is 4.08. The zero-order valence-corrected chi connectivity index (χ0v) is 19.0. The summed E-state index contributed by atoms with van der Waals surface area (Å²) in [5, 5.41) is 3.49. The Morgan fingerprint density at radius 1 is 1.03 bits per heavy atom. The van der Waals surface area contributed by atoms with Gasteiger partial charge in [-0.3, -0.25) is 9.59 Å². The third kappa shape index (κ3) is 7.09. The SMILES string of the molecule is Cc1ccccc1CSCC(=O)N(Cc1ccccc1Cl)C(C)C(=O)NC(C)C. The summed E-state index contributed by atoms with van der Waals surface area (Å²) in [6.07, 6.45) is 0. The molecule has 0 heterocycles. The quantitative estimate of drug-likeness (QED) is 0.617.